The highest BCUT2D eigenvalue weighted by Gasteiger charge is 2.42. The molecule has 0 spiro atoms. The summed E-state index contributed by atoms with van der Waals surface area (Å²) in [6, 6.07) is 6.13. The van der Waals surface area contributed by atoms with Crippen LogP contribution >= 0.6 is 0 Å². The quantitative estimate of drug-likeness (QED) is 0.901. The smallest absolute Gasteiger partial charge is 0.230 e. The molecule has 21 heavy (non-hydrogen) atoms. The van der Waals surface area contributed by atoms with Crippen LogP contribution in [0.15, 0.2) is 24.3 Å². The topological polar surface area (TPSA) is 63.2 Å². The lowest BCUT2D eigenvalue weighted by Crippen LogP contribution is -2.44. The molecule has 1 aromatic carbocycles. The molecule has 4 nitrogen and oxygen atoms in total. The Balaban J connectivity index is 2.16. The van der Waals surface area contributed by atoms with Gasteiger partial charge in [0.1, 0.15) is 15.7 Å². The summed E-state index contributed by atoms with van der Waals surface area (Å²) in [7, 11) is -3.11. The van der Waals surface area contributed by atoms with Crippen molar-refractivity contribution in [1.82, 2.24) is 5.32 Å². The predicted octanol–water partition coefficient (Wildman–Crippen LogP) is 1.80. The highest BCUT2D eigenvalue weighted by atomic mass is 32.2. The van der Waals surface area contributed by atoms with E-state index in [2.05, 4.69) is 5.32 Å². The number of benzene rings is 1. The lowest BCUT2D eigenvalue weighted by Gasteiger charge is -2.28. The molecule has 1 fully saturated rings. The second kappa shape index (κ2) is 6.13. The van der Waals surface area contributed by atoms with Gasteiger partial charge in [0, 0.05) is 12.8 Å². The lowest BCUT2D eigenvalue weighted by atomic mass is 9.78. The predicted molar refractivity (Wildman–Crippen MR) is 79.3 cm³/mol. The average molecular weight is 313 g/mol. The highest BCUT2D eigenvalue weighted by molar-refractivity contribution is 7.90. The van der Waals surface area contributed by atoms with Crippen LogP contribution in [0.1, 0.15) is 31.2 Å². The second-order valence-electron chi connectivity index (χ2n) is 5.69. The molecular formula is C15H20FNO3S. The van der Waals surface area contributed by atoms with Crippen LogP contribution in [-0.2, 0) is 20.0 Å². The van der Waals surface area contributed by atoms with E-state index < -0.39 is 15.3 Å². The maximum atomic E-state index is 13.5. The van der Waals surface area contributed by atoms with E-state index in [1.807, 2.05) is 0 Å². The molecule has 6 heteroatoms. The number of halogens is 1. The third kappa shape index (κ3) is 3.81. The first-order chi connectivity index (χ1) is 9.83. The largest absolute Gasteiger partial charge is 0.354 e. The molecule has 0 saturated heterocycles. The van der Waals surface area contributed by atoms with Crippen LogP contribution in [0, 0.1) is 5.82 Å². The average Bonchev–Trinajstić information content (AvgIpc) is 2.87. The number of amides is 1. The summed E-state index contributed by atoms with van der Waals surface area (Å²) in [6.45, 7) is 0.0920. The monoisotopic (exact) mass is 313 g/mol. The van der Waals surface area contributed by atoms with E-state index in [9.17, 15) is 17.6 Å². The SMILES string of the molecule is CS(=O)(=O)CCNC(=O)C1(c2cccc(F)c2)CCCC1. The standard InChI is InChI=1S/C15H20FNO3S/c1-21(19,20)10-9-17-14(18)15(7-2-3-8-15)12-5-4-6-13(16)11-12/h4-6,11H,2-3,7-10H2,1H3,(H,17,18). The van der Waals surface area contributed by atoms with Crippen molar-refractivity contribution in [3.8, 4) is 0 Å². The van der Waals surface area contributed by atoms with Crippen molar-refractivity contribution in [3.63, 3.8) is 0 Å². The number of carbonyl (C=O) groups is 1. The molecule has 2 rings (SSSR count). The van der Waals surface area contributed by atoms with Gasteiger partial charge in [-0.2, -0.15) is 0 Å². The molecule has 1 saturated carbocycles. The van der Waals surface area contributed by atoms with Gasteiger partial charge < -0.3 is 5.32 Å². The first-order valence-corrected chi connectivity index (χ1v) is 9.12. The Hall–Kier alpha value is -1.43. The molecule has 0 aromatic heterocycles. The molecule has 0 aliphatic heterocycles. The summed E-state index contributed by atoms with van der Waals surface area (Å²) in [5, 5.41) is 2.70. The van der Waals surface area contributed by atoms with Crippen LogP contribution < -0.4 is 5.32 Å². The normalized spacial score (nSPS) is 17.6. The molecular weight excluding hydrogens is 293 g/mol. The minimum atomic E-state index is -3.11. The molecule has 0 radical (unpaired) electrons. The Morgan fingerprint density at radius 3 is 2.57 bits per heavy atom. The van der Waals surface area contributed by atoms with Crippen LogP contribution in [-0.4, -0.2) is 32.9 Å². The summed E-state index contributed by atoms with van der Waals surface area (Å²) >= 11 is 0. The van der Waals surface area contributed by atoms with Gasteiger partial charge >= 0.3 is 0 Å². The van der Waals surface area contributed by atoms with Gasteiger partial charge in [-0.3, -0.25) is 4.79 Å². The molecule has 1 amide bonds. The summed E-state index contributed by atoms with van der Waals surface area (Å²) in [4.78, 5) is 12.5. The third-order valence-electron chi connectivity index (χ3n) is 4.03. The number of sulfone groups is 1. The van der Waals surface area contributed by atoms with Crippen LogP contribution in [0.5, 0.6) is 0 Å². The molecule has 116 valence electrons. The molecule has 1 N–H and O–H groups in total. The Kier molecular flexibility index (Phi) is 4.66. The summed E-state index contributed by atoms with van der Waals surface area (Å²) < 4.78 is 35.7. The zero-order valence-corrected chi connectivity index (χ0v) is 12.9. The van der Waals surface area contributed by atoms with Crippen molar-refractivity contribution in [1.29, 1.82) is 0 Å². The number of carbonyl (C=O) groups excluding carboxylic acids is 1. The number of rotatable bonds is 5. The Labute approximate surface area is 124 Å². The van der Waals surface area contributed by atoms with E-state index in [4.69, 9.17) is 0 Å². The molecule has 1 aliphatic carbocycles. The van der Waals surface area contributed by atoms with Gasteiger partial charge in [-0.25, -0.2) is 12.8 Å². The van der Waals surface area contributed by atoms with Crippen LogP contribution in [0.3, 0.4) is 0 Å². The van der Waals surface area contributed by atoms with Crippen molar-refractivity contribution >= 4 is 15.7 Å². The zero-order chi connectivity index (χ0) is 15.5. The van der Waals surface area contributed by atoms with E-state index in [1.165, 1.54) is 12.1 Å². The number of nitrogens with one attached hydrogen (secondary N) is 1. The maximum Gasteiger partial charge on any atom is 0.230 e. The lowest BCUT2D eigenvalue weighted by molar-refractivity contribution is -0.126. The maximum absolute atomic E-state index is 13.5. The fourth-order valence-electron chi connectivity index (χ4n) is 2.93. The highest BCUT2D eigenvalue weighted by Crippen LogP contribution is 2.41. The second-order valence-corrected chi connectivity index (χ2v) is 7.95. The minimum Gasteiger partial charge on any atom is -0.354 e. The van der Waals surface area contributed by atoms with Gasteiger partial charge in [-0.05, 0) is 30.5 Å². The molecule has 0 bridgehead atoms. The van der Waals surface area contributed by atoms with Gasteiger partial charge in [0.05, 0.1) is 11.2 Å². The molecule has 1 aromatic rings. The Bertz CT molecular complexity index is 622. The van der Waals surface area contributed by atoms with E-state index in [-0.39, 0.29) is 24.0 Å². The van der Waals surface area contributed by atoms with Crippen molar-refractivity contribution in [2.75, 3.05) is 18.6 Å². The van der Waals surface area contributed by atoms with Crippen molar-refractivity contribution in [2.24, 2.45) is 0 Å². The summed E-state index contributed by atoms with van der Waals surface area (Å²) in [5.41, 5.74) is -0.0450. The van der Waals surface area contributed by atoms with Crippen LogP contribution in [0.25, 0.3) is 0 Å². The third-order valence-corrected chi connectivity index (χ3v) is 4.97. The molecule has 0 unspecified atom stereocenters. The fraction of sp³-hybridized carbons (Fsp3) is 0.533. The number of hydrogen-bond donors (Lipinski definition) is 1. The van der Waals surface area contributed by atoms with Crippen LogP contribution in [0.4, 0.5) is 4.39 Å². The molecule has 0 atom stereocenters. The van der Waals surface area contributed by atoms with Crippen molar-refractivity contribution in [3.05, 3.63) is 35.6 Å². The minimum absolute atomic E-state index is 0.0853. The van der Waals surface area contributed by atoms with Gasteiger partial charge in [0.25, 0.3) is 0 Å². The van der Waals surface area contributed by atoms with Gasteiger partial charge in [-0.1, -0.05) is 25.0 Å². The Morgan fingerprint density at radius 1 is 1.33 bits per heavy atom. The summed E-state index contributed by atoms with van der Waals surface area (Å²) in [5.74, 6) is -0.644. The summed E-state index contributed by atoms with van der Waals surface area (Å²) in [6.07, 6.45) is 4.30. The van der Waals surface area contributed by atoms with Gasteiger partial charge in [-0.15, -0.1) is 0 Å². The van der Waals surface area contributed by atoms with E-state index >= 15 is 0 Å². The van der Waals surface area contributed by atoms with E-state index in [1.54, 1.807) is 12.1 Å². The van der Waals surface area contributed by atoms with Gasteiger partial charge in [0.15, 0.2) is 0 Å². The molecule has 1 aliphatic rings. The molecule has 0 heterocycles. The number of hydrogen-bond acceptors (Lipinski definition) is 3. The van der Waals surface area contributed by atoms with E-state index in [0.29, 0.717) is 18.4 Å². The fourth-order valence-corrected chi connectivity index (χ4v) is 3.40. The van der Waals surface area contributed by atoms with E-state index in [0.717, 1.165) is 19.1 Å². The van der Waals surface area contributed by atoms with Crippen LogP contribution in [0.2, 0.25) is 0 Å². The first kappa shape index (κ1) is 15.9. The van der Waals surface area contributed by atoms with Crippen molar-refractivity contribution in [2.45, 2.75) is 31.1 Å². The van der Waals surface area contributed by atoms with Crippen molar-refractivity contribution < 1.29 is 17.6 Å². The first-order valence-electron chi connectivity index (χ1n) is 7.06. The zero-order valence-electron chi connectivity index (χ0n) is 12.1. The Morgan fingerprint density at radius 2 is 2.00 bits per heavy atom. The van der Waals surface area contributed by atoms with Gasteiger partial charge in [0.2, 0.25) is 5.91 Å².